The Labute approximate surface area is 121 Å². The van der Waals surface area contributed by atoms with Gasteiger partial charge in [-0.15, -0.1) is 0 Å². The summed E-state index contributed by atoms with van der Waals surface area (Å²) < 4.78 is 13.1. The minimum absolute atomic E-state index is 0.221. The molecule has 1 aliphatic rings. The number of carbonyl (C=O) groups excluding carboxylic acids is 1. The third-order valence-electron chi connectivity index (χ3n) is 3.69. The summed E-state index contributed by atoms with van der Waals surface area (Å²) in [6.45, 7) is 2.20. The molecule has 2 unspecified atom stereocenters. The third kappa shape index (κ3) is 3.53. The molecule has 19 heavy (non-hydrogen) atoms. The van der Waals surface area contributed by atoms with Gasteiger partial charge in [-0.05, 0) is 24.8 Å². The molecule has 104 valence electrons. The molecule has 1 fully saturated rings. The molecule has 1 aromatic heterocycles. The Kier molecular flexibility index (Phi) is 4.55. The third-order valence-corrected chi connectivity index (χ3v) is 4.77. The van der Waals surface area contributed by atoms with Gasteiger partial charge in [-0.25, -0.2) is 4.39 Å². The zero-order chi connectivity index (χ0) is 13.9. The van der Waals surface area contributed by atoms with Crippen LogP contribution in [0.3, 0.4) is 0 Å². The number of aromatic nitrogens is 1. The first-order chi connectivity index (χ1) is 9.04. The fraction of sp³-hybridized carbons (Fsp3) is 0.571. The number of nitrogens with zero attached hydrogens (tertiary/aromatic N) is 1. The lowest BCUT2D eigenvalue weighted by atomic mass is 9.77. The van der Waals surface area contributed by atoms with Crippen LogP contribution in [0.1, 0.15) is 43.0 Å². The van der Waals surface area contributed by atoms with Gasteiger partial charge in [0.1, 0.15) is 5.82 Å². The van der Waals surface area contributed by atoms with E-state index in [1.807, 2.05) is 0 Å². The normalized spacial score (nSPS) is 27.0. The average molecular weight is 329 g/mol. The van der Waals surface area contributed by atoms with Gasteiger partial charge in [0.15, 0.2) is 0 Å². The maximum atomic E-state index is 13.1. The van der Waals surface area contributed by atoms with Crippen molar-refractivity contribution in [2.75, 3.05) is 5.33 Å². The Balaban J connectivity index is 2.12. The van der Waals surface area contributed by atoms with E-state index in [0.29, 0.717) is 5.92 Å². The lowest BCUT2D eigenvalue weighted by molar-refractivity contribution is 0.0868. The fourth-order valence-electron chi connectivity index (χ4n) is 2.78. The van der Waals surface area contributed by atoms with Crippen molar-refractivity contribution >= 4 is 21.8 Å². The van der Waals surface area contributed by atoms with Crippen LogP contribution < -0.4 is 5.32 Å². The highest BCUT2D eigenvalue weighted by Gasteiger charge is 2.35. The molecule has 1 saturated carbocycles. The lowest BCUT2D eigenvalue weighted by Gasteiger charge is -2.39. The Bertz CT molecular complexity index is 469. The van der Waals surface area contributed by atoms with Gasteiger partial charge in [-0.3, -0.25) is 9.78 Å². The van der Waals surface area contributed by atoms with E-state index in [1.165, 1.54) is 18.7 Å². The number of pyridine rings is 1. The Morgan fingerprint density at radius 2 is 2.42 bits per heavy atom. The molecular weight excluding hydrogens is 311 g/mol. The minimum atomic E-state index is -0.488. The lowest BCUT2D eigenvalue weighted by Crippen LogP contribution is -2.52. The van der Waals surface area contributed by atoms with E-state index in [9.17, 15) is 9.18 Å². The summed E-state index contributed by atoms with van der Waals surface area (Å²) in [5, 5.41) is 3.78. The Morgan fingerprint density at radius 3 is 3.05 bits per heavy atom. The van der Waals surface area contributed by atoms with Gasteiger partial charge < -0.3 is 5.32 Å². The summed E-state index contributed by atoms with van der Waals surface area (Å²) in [5.41, 5.74) is 0.0553. The summed E-state index contributed by atoms with van der Waals surface area (Å²) in [6, 6.07) is 1.22. The summed E-state index contributed by atoms with van der Waals surface area (Å²) >= 11 is 3.51. The molecule has 0 aromatic carbocycles. The second-order valence-corrected chi connectivity index (χ2v) is 6.02. The largest absolute Gasteiger partial charge is 0.346 e. The van der Waals surface area contributed by atoms with Crippen molar-refractivity contribution in [1.82, 2.24) is 10.3 Å². The van der Waals surface area contributed by atoms with Crippen LogP contribution in [0.25, 0.3) is 0 Å². The number of hydrogen-bond donors (Lipinski definition) is 1. The van der Waals surface area contributed by atoms with Gasteiger partial charge in [0.05, 0.1) is 17.3 Å². The van der Waals surface area contributed by atoms with E-state index < -0.39 is 5.82 Å². The summed E-state index contributed by atoms with van der Waals surface area (Å²) in [5.74, 6) is -0.143. The van der Waals surface area contributed by atoms with E-state index in [-0.39, 0.29) is 17.0 Å². The monoisotopic (exact) mass is 328 g/mol. The van der Waals surface area contributed by atoms with Crippen molar-refractivity contribution in [3.05, 3.63) is 29.8 Å². The zero-order valence-electron chi connectivity index (χ0n) is 11.0. The molecular formula is C14H18BrFN2O. The van der Waals surface area contributed by atoms with Crippen molar-refractivity contribution in [3.63, 3.8) is 0 Å². The van der Waals surface area contributed by atoms with Crippen molar-refractivity contribution in [2.45, 2.75) is 38.1 Å². The van der Waals surface area contributed by atoms with E-state index in [2.05, 4.69) is 33.2 Å². The van der Waals surface area contributed by atoms with Crippen LogP contribution in [0.2, 0.25) is 0 Å². The molecule has 3 nitrogen and oxygen atoms in total. The van der Waals surface area contributed by atoms with Crippen LogP contribution in [0.15, 0.2) is 18.5 Å². The highest BCUT2D eigenvalue weighted by atomic mass is 79.9. The topological polar surface area (TPSA) is 42.0 Å². The molecule has 0 aliphatic heterocycles. The first kappa shape index (κ1) is 14.4. The molecule has 1 amide bonds. The van der Waals surface area contributed by atoms with Crippen LogP contribution in [-0.4, -0.2) is 21.8 Å². The van der Waals surface area contributed by atoms with Gasteiger partial charge in [0.2, 0.25) is 0 Å². The molecule has 1 aromatic rings. The molecule has 1 heterocycles. The molecule has 0 radical (unpaired) electrons. The van der Waals surface area contributed by atoms with Crippen LogP contribution in [0.4, 0.5) is 4.39 Å². The molecule has 2 atom stereocenters. The van der Waals surface area contributed by atoms with E-state index in [4.69, 9.17) is 0 Å². The SMILES string of the molecule is CC1CCCC(CBr)(NC(=O)c2cncc(F)c2)C1. The second-order valence-electron chi connectivity index (χ2n) is 5.46. The number of rotatable bonds is 3. The summed E-state index contributed by atoms with van der Waals surface area (Å²) in [4.78, 5) is 15.9. The van der Waals surface area contributed by atoms with Gasteiger partial charge in [-0.2, -0.15) is 0 Å². The van der Waals surface area contributed by atoms with Crippen molar-refractivity contribution in [1.29, 1.82) is 0 Å². The molecule has 0 bridgehead atoms. The van der Waals surface area contributed by atoms with Gasteiger partial charge in [0.25, 0.3) is 5.91 Å². The van der Waals surface area contributed by atoms with Gasteiger partial charge in [-0.1, -0.05) is 35.7 Å². The number of nitrogens with one attached hydrogen (secondary N) is 1. The van der Waals surface area contributed by atoms with Gasteiger partial charge in [0, 0.05) is 11.5 Å². The van der Waals surface area contributed by atoms with Crippen molar-refractivity contribution < 1.29 is 9.18 Å². The van der Waals surface area contributed by atoms with E-state index in [0.717, 1.165) is 30.8 Å². The smallest absolute Gasteiger partial charge is 0.253 e. The molecule has 2 rings (SSSR count). The van der Waals surface area contributed by atoms with Crippen molar-refractivity contribution in [2.24, 2.45) is 5.92 Å². The Morgan fingerprint density at radius 1 is 1.63 bits per heavy atom. The molecule has 1 N–H and O–H groups in total. The molecule has 1 aliphatic carbocycles. The van der Waals surface area contributed by atoms with Crippen LogP contribution in [0.5, 0.6) is 0 Å². The standard InChI is InChI=1S/C14H18BrFN2O/c1-10-3-2-4-14(6-10,9-15)18-13(19)11-5-12(16)8-17-7-11/h5,7-8,10H,2-4,6,9H2,1H3,(H,18,19). The average Bonchev–Trinajstić information content (AvgIpc) is 2.38. The van der Waals surface area contributed by atoms with E-state index in [1.54, 1.807) is 0 Å². The zero-order valence-corrected chi connectivity index (χ0v) is 12.5. The number of alkyl halides is 1. The van der Waals surface area contributed by atoms with Crippen LogP contribution in [0, 0.1) is 11.7 Å². The number of hydrogen-bond acceptors (Lipinski definition) is 2. The molecule has 0 saturated heterocycles. The van der Waals surface area contributed by atoms with Crippen LogP contribution >= 0.6 is 15.9 Å². The minimum Gasteiger partial charge on any atom is -0.346 e. The predicted molar refractivity (Wildman–Crippen MR) is 75.8 cm³/mol. The number of carbonyl (C=O) groups is 1. The molecule has 0 spiro atoms. The first-order valence-electron chi connectivity index (χ1n) is 6.54. The van der Waals surface area contributed by atoms with Crippen molar-refractivity contribution in [3.8, 4) is 0 Å². The summed E-state index contributed by atoms with van der Waals surface area (Å²) in [7, 11) is 0. The highest BCUT2D eigenvalue weighted by molar-refractivity contribution is 9.09. The predicted octanol–water partition coefficient (Wildman–Crippen LogP) is 3.29. The maximum Gasteiger partial charge on any atom is 0.253 e. The number of halogens is 2. The first-order valence-corrected chi connectivity index (χ1v) is 7.66. The quantitative estimate of drug-likeness (QED) is 0.865. The second kappa shape index (κ2) is 5.99. The highest BCUT2D eigenvalue weighted by Crippen LogP contribution is 2.33. The number of amides is 1. The van der Waals surface area contributed by atoms with Crippen LogP contribution in [-0.2, 0) is 0 Å². The summed E-state index contributed by atoms with van der Waals surface area (Å²) in [6.07, 6.45) is 6.71. The maximum absolute atomic E-state index is 13.1. The molecule has 5 heteroatoms. The Hall–Kier alpha value is -0.970. The fourth-order valence-corrected chi connectivity index (χ4v) is 3.43. The van der Waals surface area contributed by atoms with E-state index >= 15 is 0 Å². The van der Waals surface area contributed by atoms with Gasteiger partial charge >= 0.3 is 0 Å².